The van der Waals surface area contributed by atoms with Gasteiger partial charge in [0, 0.05) is 24.9 Å². The number of nitrogens with zero attached hydrogens (tertiary/aromatic N) is 1. The van der Waals surface area contributed by atoms with E-state index >= 15 is 0 Å². The number of nitrogens with two attached hydrogens (primary N) is 1. The molecule has 0 aromatic heterocycles. The first kappa shape index (κ1) is 16.2. The van der Waals surface area contributed by atoms with Gasteiger partial charge in [0.2, 0.25) is 0 Å². The summed E-state index contributed by atoms with van der Waals surface area (Å²) in [6, 6.07) is 8.65. The van der Waals surface area contributed by atoms with Gasteiger partial charge in [-0.3, -0.25) is 0 Å². The molecule has 2 rings (SSSR count). The first-order chi connectivity index (χ1) is 10.4. The van der Waals surface area contributed by atoms with Crippen LogP contribution in [0, 0.1) is 0 Å². The Hall–Kier alpha value is -1.19. The molecule has 2 nitrogen and oxygen atoms in total. The third-order valence-electron chi connectivity index (χ3n) is 3.61. The van der Waals surface area contributed by atoms with Gasteiger partial charge in [-0.15, -0.1) is 11.8 Å². The lowest BCUT2D eigenvalue weighted by atomic mass is 10.1. The molecule has 0 amide bonds. The molecule has 1 heterocycles. The van der Waals surface area contributed by atoms with Crippen molar-refractivity contribution in [3.05, 3.63) is 48.7 Å². The van der Waals surface area contributed by atoms with Gasteiger partial charge in [0.1, 0.15) is 5.69 Å². The number of piperidine rings is 1. The fourth-order valence-electron chi connectivity index (χ4n) is 2.51. The zero-order valence-electron chi connectivity index (χ0n) is 13.0. The summed E-state index contributed by atoms with van der Waals surface area (Å²) in [5, 5.41) is 2.29. The minimum absolute atomic E-state index is 1.03. The second-order valence-corrected chi connectivity index (χ2v) is 6.39. The highest BCUT2D eigenvalue weighted by atomic mass is 32.2. The molecule has 0 bridgehead atoms. The molecule has 2 N–H and O–H groups in total. The van der Waals surface area contributed by atoms with Crippen LogP contribution in [0.4, 0.5) is 5.69 Å². The van der Waals surface area contributed by atoms with Crippen molar-refractivity contribution < 1.29 is 5.32 Å². The van der Waals surface area contributed by atoms with Crippen molar-refractivity contribution in [3.63, 3.8) is 0 Å². The fraction of sp³-hybridized carbons (Fsp3) is 0.444. The van der Waals surface area contributed by atoms with Gasteiger partial charge in [-0.05, 0) is 44.5 Å². The minimum atomic E-state index is 1.03. The Bertz CT molecular complexity index is 462. The second-order valence-electron chi connectivity index (χ2n) is 5.33. The normalized spacial score (nSPS) is 16.1. The predicted molar refractivity (Wildman–Crippen MR) is 93.0 cm³/mol. The van der Waals surface area contributed by atoms with Gasteiger partial charge in [0.25, 0.3) is 0 Å². The van der Waals surface area contributed by atoms with E-state index in [0.29, 0.717) is 0 Å². The van der Waals surface area contributed by atoms with Gasteiger partial charge in [-0.2, -0.15) is 0 Å². The predicted octanol–water partition coefficient (Wildman–Crippen LogP) is 3.55. The van der Waals surface area contributed by atoms with Crippen LogP contribution in [0.25, 0.3) is 0 Å². The molecule has 0 spiro atoms. The number of hydrogen-bond acceptors (Lipinski definition) is 2. The molecule has 0 saturated carbocycles. The molecule has 3 heteroatoms. The maximum absolute atomic E-state index is 2.42. The molecule has 114 valence electrons. The molecule has 0 radical (unpaired) electrons. The van der Waals surface area contributed by atoms with Gasteiger partial charge in [0.05, 0.1) is 11.4 Å². The molecular weight excluding hydrogens is 276 g/mol. The van der Waals surface area contributed by atoms with E-state index in [0.717, 1.165) is 12.3 Å². The Kier molecular flexibility index (Phi) is 7.47. The van der Waals surface area contributed by atoms with Crippen molar-refractivity contribution in [3.8, 4) is 0 Å². The van der Waals surface area contributed by atoms with Gasteiger partial charge in [0.15, 0.2) is 0 Å². The number of thioether (sulfide) groups is 1. The average Bonchev–Trinajstić information content (AvgIpc) is 2.53. The summed E-state index contributed by atoms with van der Waals surface area (Å²) < 4.78 is 0. The van der Waals surface area contributed by atoms with Gasteiger partial charge in [-0.25, -0.2) is 0 Å². The molecule has 1 aromatic rings. The summed E-state index contributed by atoms with van der Waals surface area (Å²) in [6.07, 6.45) is 12.9. The Morgan fingerprint density at radius 3 is 2.76 bits per heavy atom. The van der Waals surface area contributed by atoms with Crippen LogP contribution in [0.3, 0.4) is 0 Å². The lowest BCUT2D eigenvalue weighted by Crippen LogP contribution is -2.77. The number of likely N-dealkylation sites (tertiary alicyclic amines) is 1. The van der Waals surface area contributed by atoms with E-state index in [2.05, 4.69) is 65.8 Å². The Morgan fingerprint density at radius 2 is 1.95 bits per heavy atom. The van der Waals surface area contributed by atoms with Crippen LogP contribution in [0.15, 0.2) is 53.6 Å². The van der Waals surface area contributed by atoms with Crippen LogP contribution < -0.4 is 5.32 Å². The average molecular weight is 303 g/mol. The highest BCUT2D eigenvalue weighted by Gasteiger charge is 2.04. The van der Waals surface area contributed by atoms with Crippen LogP contribution >= 0.6 is 11.8 Å². The lowest BCUT2D eigenvalue weighted by Gasteiger charge is -2.24. The monoisotopic (exact) mass is 303 g/mol. The number of para-hydroxylation sites is 1. The van der Waals surface area contributed by atoms with E-state index in [1.54, 1.807) is 0 Å². The third-order valence-corrected chi connectivity index (χ3v) is 4.65. The van der Waals surface area contributed by atoms with Crippen LogP contribution in [0.1, 0.15) is 26.2 Å². The molecule has 1 aromatic carbocycles. The van der Waals surface area contributed by atoms with Crippen molar-refractivity contribution in [1.82, 2.24) is 4.90 Å². The smallest absolute Gasteiger partial charge is 0.143 e. The molecule has 0 atom stereocenters. The number of hydrogen-bond donors (Lipinski definition) is 1. The maximum atomic E-state index is 2.42. The molecule has 1 aliphatic heterocycles. The Morgan fingerprint density at radius 1 is 1.14 bits per heavy atom. The summed E-state index contributed by atoms with van der Waals surface area (Å²) in [5.41, 5.74) is 1.36. The molecule has 21 heavy (non-hydrogen) atoms. The molecule has 0 unspecified atom stereocenters. The summed E-state index contributed by atoms with van der Waals surface area (Å²) in [6.45, 7) is 5.72. The van der Waals surface area contributed by atoms with Gasteiger partial charge >= 0.3 is 0 Å². The van der Waals surface area contributed by atoms with Crippen LogP contribution in [-0.2, 0) is 0 Å². The van der Waals surface area contributed by atoms with Crippen LogP contribution in [0.2, 0.25) is 0 Å². The van der Waals surface area contributed by atoms with Crippen LogP contribution in [-0.4, -0.2) is 30.3 Å². The topological polar surface area (TPSA) is 19.9 Å². The quantitative estimate of drug-likeness (QED) is 0.472. The Balaban J connectivity index is 1.73. The second kappa shape index (κ2) is 9.69. The van der Waals surface area contributed by atoms with E-state index in [-0.39, 0.29) is 0 Å². The molecule has 1 saturated heterocycles. The van der Waals surface area contributed by atoms with E-state index < -0.39 is 0 Å². The summed E-state index contributed by atoms with van der Waals surface area (Å²) in [5.74, 6) is 1.03. The maximum Gasteiger partial charge on any atom is 0.143 e. The highest BCUT2D eigenvalue weighted by Crippen LogP contribution is 2.23. The van der Waals surface area contributed by atoms with Crippen molar-refractivity contribution in [2.24, 2.45) is 0 Å². The number of allylic oxidation sites excluding steroid dienone is 2. The standard InChI is InChI=1S/C18H26N2S/c1-2-19-17-11-5-6-12-18(17)21-16-10-4-9-15-20-13-7-3-8-14-20/h4-6,9-12,15,19H,2-3,7-8,13-14,16H2,1H3/p+1/b10-4+,15-9+. The lowest BCUT2D eigenvalue weighted by molar-refractivity contribution is -0.570. The molecule has 0 aliphatic carbocycles. The van der Waals surface area contributed by atoms with Crippen molar-refractivity contribution in [1.29, 1.82) is 0 Å². The minimum Gasteiger partial charge on any atom is -0.377 e. The van der Waals surface area contributed by atoms with Crippen molar-refractivity contribution in [2.75, 3.05) is 25.4 Å². The third kappa shape index (κ3) is 5.98. The highest BCUT2D eigenvalue weighted by molar-refractivity contribution is 7.99. The number of quaternary nitrogens is 1. The number of benzene rings is 1. The van der Waals surface area contributed by atoms with E-state index in [9.17, 15) is 0 Å². The zero-order valence-corrected chi connectivity index (χ0v) is 13.8. The molecule has 1 fully saturated rings. The number of rotatable bonds is 7. The van der Waals surface area contributed by atoms with Crippen molar-refractivity contribution in [2.45, 2.75) is 31.1 Å². The summed E-state index contributed by atoms with van der Waals surface area (Å²) >= 11 is 1.91. The zero-order chi connectivity index (χ0) is 14.8. The Labute approximate surface area is 133 Å². The SMILES string of the molecule is CC[NH2+]c1ccccc1SC/C=C/C=C/N1CCCCC1. The summed E-state index contributed by atoms with van der Waals surface area (Å²) in [7, 11) is 0. The first-order valence-corrected chi connectivity index (χ1v) is 9.01. The van der Waals surface area contributed by atoms with Crippen LogP contribution in [0.5, 0.6) is 0 Å². The first-order valence-electron chi connectivity index (χ1n) is 8.02. The van der Waals surface area contributed by atoms with Gasteiger partial charge in [-0.1, -0.05) is 24.3 Å². The van der Waals surface area contributed by atoms with E-state index in [1.165, 1.54) is 42.9 Å². The molecule has 1 aliphatic rings. The van der Waals surface area contributed by atoms with E-state index in [4.69, 9.17) is 0 Å². The largest absolute Gasteiger partial charge is 0.377 e. The molecular formula is C18H27N2S+. The fourth-order valence-corrected chi connectivity index (χ4v) is 3.39. The summed E-state index contributed by atoms with van der Waals surface area (Å²) in [4.78, 5) is 3.80. The van der Waals surface area contributed by atoms with Gasteiger partial charge < -0.3 is 10.2 Å². The van der Waals surface area contributed by atoms with Crippen molar-refractivity contribution >= 4 is 17.4 Å². The van der Waals surface area contributed by atoms with E-state index in [1.807, 2.05) is 11.8 Å².